The molecular weight excluding hydrogens is 388 g/mol. The van der Waals surface area contributed by atoms with Gasteiger partial charge < -0.3 is 10.1 Å². The fourth-order valence-corrected chi connectivity index (χ4v) is 3.15. The number of carbonyl (C=O) groups excluding carboxylic acids is 1. The van der Waals surface area contributed by atoms with Crippen molar-refractivity contribution in [3.05, 3.63) is 54.1 Å². The third-order valence-corrected chi connectivity index (χ3v) is 4.71. The van der Waals surface area contributed by atoms with Crippen LogP contribution in [0.2, 0.25) is 0 Å². The number of hydrogen-bond acceptors (Lipinski definition) is 6. The molecule has 1 unspecified atom stereocenters. The van der Waals surface area contributed by atoms with Crippen LogP contribution < -0.4 is 10.1 Å². The molecule has 7 nitrogen and oxygen atoms in total. The quantitative estimate of drug-likeness (QED) is 0.607. The van der Waals surface area contributed by atoms with Crippen molar-refractivity contribution in [3.8, 4) is 11.4 Å². The Morgan fingerprint density at radius 2 is 2.07 bits per heavy atom. The predicted octanol–water partition coefficient (Wildman–Crippen LogP) is 3.46. The van der Waals surface area contributed by atoms with Crippen LogP contribution in [0.4, 0.5) is 14.5 Å². The zero-order valence-corrected chi connectivity index (χ0v) is 15.9. The Morgan fingerprint density at radius 1 is 1.29 bits per heavy atom. The number of nitrogens with one attached hydrogen (secondary N) is 1. The fourth-order valence-electron chi connectivity index (χ4n) is 2.35. The molecule has 0 aliphatic carbocycles. The number of anilines is 1. The van der Waals surface area contributed by atoms with E-state index >= 15 is 0 Å². The molecule has 1 heterocycles. The topological polar surface area (TPSA) is 81.9 Å². The molecule has 28 heavy (non-hydrogen) atoms. The summed E-state index contributed by atoms with van der Waals surface area (Å²) in [4.78, 5) is 12.4. The number of amides is 1. The number of halogens is 2. The van der Waals surface area contributed by atoms with Crippen LogP contribution in [0.25, 0.3) is 5.69 Å². The number of aromatic nitrogens is 4. The van der Waals surface area contributed by atoms with Gasteiger partial charge in [-0.2, -0.15) is 4.68 Å². The zero-order chi connectivity index (χ0) is 20.1. The lowest BCUT2D eigenvalue weighted by Gasteiger charge is -2.13. The van der Waals surface area contributed by atoms with Gasteiger partial charge in [0.25, 0.3) is 0 Å². The first-order chi connectivity index (χ1) is 13.5. The minimum absolute atomic E-state index is 0.0971. The summed E-state index contributed by atoms with van der Waals surface area (Å²) in [6, 6.07) is 10.2. The van der Waals surface area contributed by atoms with Gasteiger partial charge in [0, 0.05) is 6.07 Å². The molecule has 1 aromatic heterocycles. The first-order valence-electron chi connectivity index (χ1n) is 8.42. The average molecular weight is 405 g/mol. The van der Waals surface area contributed by atoms with Gasteiger partial charge in [-0.05, 0) is 48.5 Å². The Bertz CT molecular complexity index is 982. The predicted molar refractivity (Wildman–Crippen MR) is 101 cm³/mol. The summed E-state index contributed by atoms with van der Waals surface area (Å²) in [7, 11) is 0. The third kappa shape index (κ3) is 4.45. The number of thioether (sulfide) groups is 1. The highest BCUT2D eigenvalue weighted by Crippen LogP contribution is 2.28. The molecule has 0 saturated carbocycles. The summed E-state index contributed by atoms with van der Waals surface area (Å²) >= 11 is 1.10. The van der Waals surface area contributed by atoms with Crippen LogP contribution in [0.1, 0.15) is 13.8 Å². The maximum absolute atomic E-state index is 13.7. The molecule has 3 aromatic rings. The van der Waals surface area contributed by atoms with Gasteiger partial charge in [-0.25, -0.2) is 8.78 Å². The minimum Gasteiger partial charge on any atom is -0.492 e. The van der Waals surface area contributed by atoms with E-state index in [9.17, 15) is 13.6 Å². The molecule has 1 atom stereocenters. The highest BCUT2D eigenvalue weighted by molar-refractivity contribution is 8.00. The third-order valence-electron chi connectivity index (χ3n) is 3.67. The lowest BCUT2D eigenvalue weighted by Crippen LogP contribution is -2.23. The second-order valence-electron chi connectivity index (χ2n) is 5.65. The van der Waals surface area contributed by atoms with Gasteiger partial charge in [-0.1, -0.05) is 23.9 Å². The monoisotopic (exact) mass is 405 g/mol. The number of carbonyl (C=O) groups is 1. The number of nitrogens with zero attached hydrogens (tertiary/aromatic N) is 4. The largest absolute Gasteiger partial charge is 0.492 e. The van der Waals surface area contributed by atoms with Crippen LogP contribution in [-0.2, 0) is 4.79 Å². The molecule has 0 spiro atoms. The lowest BCUT2D eigenvalue weighted by atomic mass is 10.3. The van der Waals surface area contributed by atoms with Crippen LogP contribution in [-0.4, -0.2) is 38.0 Å². The highest BCUT2D eigenvalue weighted by atomic mass is 32.2. The number of hydrogen-bond donors (Lipinski definition) is 1. The summed E-state index contributed by atoms with van der Waals surface area (Å²) in [6.45, 7) is 3.98. The van der Waals surface area contributed by atoms with Gasteiger partial charge in [-0.15, -0.1) is 5.10 Å². The minimum atomic E-state index is -0.846. The molecule has 0 saturated heterocycles. The molecule has 0 bridgehead atoms. The molecule has 0 aliphatic rings. The number of tetrazole rings is 1. The van der Waals surface area contributed by atoms with Crippen LogP contribution in [0.15, 0.2) is 47.6 Å². The first-order valence-corrected chi connectivity index (χ1v) is 9.30. The van der Waals surface area contributed by atoms with Crippen molar-refractivity contribution in [1.29, 1.82) is 0 Å². The van der Waals surface area contributed by atoms with Crippen molar-refractivity contribution < 1.29 is 18.3 Å². The van der Waals surface area contributed by atoms with Gasteiger partial charge >= 0.3 is 0 Å². The standard InChI is InChI=1S/C18H17F2N5O2S/c1-3-27-16-7-5-4-6-15(16)25-18(22-23-24-25)28-11(2)17(26)21-14-9-8-12(19)10-13(14)20/h4-11H,3H2,1-2H3,(H,21,26). The molecule has 10 heteroatoms. The van der Waals surface area contributed by atoms with E-state index < -0.39 is 22.8 Å². The van der Waals surface area contributed by atoms with E-state index in [0.29, 0.717) is 29.3 Å². The Kier molecular flexibility index (Phi) is 6.19. The van der Waals surface area contributed by atoms with Crippen molar-refractivity contribution in [2.24, 2.45) is 0 Å². The maximum Gasteiger partial charge on any atom is 0.237 e. The van der Waals surface area contributed by atoms with Crippen LogP contribution in [0.3, 0.4) is 0 Å². The van der Waals surface area contributed by atoms with Crippen molar-refractivity contribution in [1.82, 2.24) is 20.2 Å². The second kappa shape index (κ2) is 8.79. The van der Waals surface area contributed by atoms with Gasteiger partial charge in [0.05, 0.1) is 17.5 Å². The average Bonchev–Trinajstić information content (AvgIpc) is 3.12. The summed E-state index contributed by atoms with van der Waals surface area (Å²) < 4.78 is 33.8. The summed E-state index contributed by atoms with van der Waals surface area (Å²) in [6.07, 6.45) is 0. The molecule has 0 fully saturated rings. The molecule has 0 aliphatic heterocycles. The zero-order valence-electron chi connectivity index (χ0n) is 15.1. The summed E-state index contributed by atoms with van der Waals surface area (Å²) in [5.41, 5.74) is 0.536. The van der Waals surface area contributed by atoms with E-state index in [1.807, 2.05) is 19.1 Å². The van der Waals surface area contributed by atoms with Crippen molar-refractivity contribution in [2.75, 3.05) is 11.9 Å². The Morgan fingerprint density at radius 3 is 2.82 bits per heavy atom. The summed E-state index contributed by atoms with van der Waals surface area (Å²) in [5.74, 6) is -1.43. The smallest absolute Gasteiger partial charge is 0.237 e. The van der Waals surface area contributed by atoms with E-state index in [1.54, 1.807) is 19.1 Å². The Hall–Kier alpha value is -3.01. The number of rotatable bonds is 7. The van der Waals surface area contributed by atoms with Crippen molar-refractivity contribution in [3.63, 3.8) is 0 Å². The number of para-hydroxylation sites is 2. The molecule has 146 valence electrons. The Labute approximate surface area is 164 Å². The fraction of sp³-hybridized carbons (Fsp3) is 0.222. The van der Waals surface area contributed by atoms with E-state index in [0.717, 1.165) is 17.8 Å². The van der Waals surface area contributed by atoms with Gasteiger partial charge in [-0.3, -0.25) is 4.79 Å². The Balaban J connectivity index is 1.76. The molecule has 0 radical (unpaired) electrons. The normalized spacial score (nSPS) is 11.9. The first kappa shape index (κ1) is 19.7. The maximum atomic E-state index is 13.7. The van der Waals surface area contributed by atoms with Crippen LogP contribution in [0.5, 0.6) is 5.75 Å². The summed E-state index contributed by atoms with van der Waals surface area (Å²) in [5, 5.41) is 13.8. The van der Waals surface area contributed by atoms with Crippen molar-refractivity contribution >= 4 is 23.4 Å². The molecule has 1 N–H and O–H groups in total. The lowest BCUT2D eigenvalue weighted by molar-refractivity contribution is -0.115. The van der Waals surface area contributed by atoms with Crippen LogP contribution in [0, 0.1) is 11.6 Å². The molecule has 1 amide bonds. The van der Waals surface area contributed by atoms with Gasteiger partial charge in [0.2, 0.25) is 11.1 Å². The van der Waals surface area contributed by atoms with Gasteiger partial charge in [0.1, 0.15) is 23.1 Å². The van der Waals surface area contributed by atoms with Gasteiger partial charge in [0.15, 0.2) is 0 Å². The van der Waals surface area contributed by atoms with Crippen molar-refractivity contribution in [2.45, 2.75) is 24.3 Å². The number of benzene rings is 2. The van der Waals surface area contributed by atoms with E-state index in [1.165, 1.54) is 10.7 Å². The molecular formula is C18H17F2N5O2S. The molecule has 2 aromatic carbocycles. The van der Waals surface area contributed by atoms with E-state index in [2.05, 4.69) is 20.8 Å². The van der Waals surface area contributed by atoms with Crippen LogP contribution >= 0.6 is 11.8 Å². The van der Waals surface area contributed by atoms with E-state index in [4.69, 9.17) is 4.74 Å². The van der Waals surface area contributed by atoms with E-state index in [-0.39, 0.29) is 5.69 Å². The SMILES string of the molecule is CCOc1ccccc1-n1nnnc1SC(C)C(=O)Nc1ccc(F)cc1F. The second-order valence-corrected chi connectivity index (χ2v) is 6.96. The molecule has 3 rings (SSSR count). The number of ether oxygens (including phenoxy) is 1. The highest BCUT2D eigenvalue weighted by Gasteiger charge is 2.21.